The molecule has 10 heteroatoms. The number of rotatable bonds is 8. The van der Waals surface area contributed by atoms with Crippen molar-refractivity contribution in [2.75, 3.05) is 12.4 Å². The Morgan fingerprint density at radius 2 is 2.07 bits per heavy atom. The first kappa shape index (κ1) is 21.3. The Morgan fingerprint density at radius 1 is 1.31 bits per heavy atom. The van der Waals surface area contributed by atoms with Gasteiger partial charge in [-0.05, 0) is 42.3 Å². The number of aliphatic hydroxyl groups is 2. The number of aliphatic hydroxyl groups excluding tert-OH is 2. The molecule has 9 nitrogen and oxygen atoms in total. The molecule has 156 valence electrons. The molecule has 29 heavy (non-hydrogen) atoms. The standard InChI is InChI=1S/C19H24N4O5S/c1-14-9-11-28-16(13-14)7-8-17(24)18(25)10-12-29(26,27)19-20-21-22-23(19)15-5-3-2-4-6-15/h2-9,16-18,24-25H,10-13H2,1H3/b8-7+/t16-,17+,18+/m1/s1. The number of para-hydroxylation sites is 1. The molecule has 0 bridgehead atoms. The van der Waals surface area contributed by atoms with Gasteiger partial charge in [0.05, 0.1) is 36.4 Å². The van der Waals surface area contributed by atoms with E-state index in [0.29, 0.717) is 12.3 Å². The van der Waals surface area contributed by atoms with Crippen molar-refractivity contribution in [3.05, 3.63) is 54.1 Å². The fourth-order valence-corrected chi connectivity index (χ4v) is 4.21. The summed E-state index contributed by atoms with van der Waals surface area (Å²) in [4.78, 5) is 0. The lowest BCUT2D eigenvalue weighted by Gasteiger charge is -2.20. The number of hydrogen-bond acceptors (Lipinski definition) is 8. The second-order valence-electron chi connectivity index (χ2n) is 6.89. The second-order valence-corrected chi connectivity index (χ2v) is 8.89. The second kappa shape index (κ2) is 9.40. The van der Waals surface area contributed by atoms with Crippen molar-refractivity contribution in [1.82, 2.24) is 20.2 Å². The summed E-state index contributed by atoms with van der Waals surface area (Å²) in [5, 5.41) is 30.8. The predicted molar refractivity (Wildman–Crippen MR) is 105 cm³/mol. The van der Waals surface area contributed by atoms with Crippen molar-refractivity contribution in [2.24, 2.45) is 0 Å². The van der Waals surface area contributed by atoms with Gasteiger partial charge in [0.1, 0.15) is 0 Å². The Morgan fingerprint density at radius 3 is 2.79 bits per heavy atom. The molecule has 0 saturated carbocycles. The molecule has 0 spiro atoms. The van der Waals surface area contributed by atoms with E-state index in [-0.39, 0.29) is 17.7 Å². The van der Waals surface area contributed by atoms with Gasteiger partial charge in [-0.1, -0.05) is 47.1 Å². The predicted octanol–water partition coefficient (Wildman–Crippen LogP) is 0.839. The Bertz CT molecular complexity index is 971. The lowest BCUT2D eigenvalue weighted by atomic mass is 10.0. The molecular weight excluding hydrogens is 396 g/mol. The molecular formula is C19H24N4O5S. The van der Waals surface area contributed by atoms with E-state index in [4.69, 9.17) is 4.74 Å². The first-order valence-electron chi connectivity index (χ1n) is 9.25. The molecule has 3 rings (SSSR count). The van der Waals surface area contributed by atoms with Gasteiger partial charge in [0.15, 0.2) is 0 Å². The van der Waals surface area contributed by atoms with Crippen LogP contribution in [0.3, 0.4) is 0 Å². The molecule has 1 aromatic carbocycles. The minimum absolute atomic E-state index is 0.166. The van der Waals surface area contributed by atoms with Crippen LogP contribution in [0, 0.1) is 0 Å². The van der Waals surface area contributed by atoms with Crippen LogP contribution in [0.5, 0.6) is 0 Å². The molecule has 2 heterocycles. The summed E-state index contributed by atoms with van der Waals surface area (Å²) in [6.07, 6.45) is 3.05. The Kier molecular flexibility index (Phi) is 6.91. The summed E-state index contributed by atoms with van der Waals surface area (Å²) in [6, 6.07) is 8.65. The van der Waals surface area contributed by atoms with Crippen molar-refractivity contribution >= 4 is 9.84 Å². The molecule has 2 aromatic rings. The Labute approximate surface area is 169 Å². The van der Waals surface area contributed by atoms with Gasteiger partial charge >= 0.3 is 0 Å². The topological polar surface area (TPSA) is 127 Å². The summed E-state index contributed by atoms with van der Waals surface area (Å²) < 4.78 is 32.0. The number of hydrogen-bond donors (Lipinski definition) is 2. The molecule has 0 aliphatic carbocycles. The van der Waals surface area contributed by atoms with Crippen LogP contribution < -0.4 is 0 Å². The van der Waals surface area contributed by atoms with E-state index < -0.39 is 27.8 Å². The van der Waals surface area contributed by atoms with Gasteiger partial charge in [0.2, 0.25) is 9.84 Å². The van der Waals surface area contributed by atoms with Crippen LogP contribution in [0.2, 0.25) is 0 Å². The number of aromatic nitrogens is 4. The van der Waals surface area contributed by atoms with E-state index in [2.05, 4.69) is 15.5 Å². The third kappa shape index (κ3) is 5.57. The van der Waals surface area contributed by atoms with Crippen LogP contribution in [0.15, 0.2) is 59.3 Å². The van der Waals surface area contributed by atoms with Crippen molar-refractivity contribution < 1.29 is 23.4 Å². The van der Waals surface area contributed by atoms with Crippen LogP contribution in [-0.4, -0.2) is 69.5 Å². The zero-order chi connectivity index (χ0) is 20.9. The van der Waals surface area contributed by atoms with Crippen LogP contribution >= 0.6 is 0 Å². The van der Waals surface area contributed by atoms with Crippen molar-refractivity contribution in [3.8, 4) is 5.69 Å². The van der Waals surface area contributed by atoms with Gasteiger partial charge in [-0.25, -0.2) is 8.42 Å². The van der Waals surface area contributed by atoms with Crippen LogP contribution in [0.1, 0.15) is 19.8 Å². The van der Waals surface area contributed by atoms with Gasteiger partial charge in [0, 0.05) is 0 Å². The highest BCUT2D eigenvalue weighted by Gasteiger charge is 2.26. The van der Waals surface area contributed by atoms with E-state index in [0.717, 1.165) is 11.1 Å². The summed E-state index contributed by atoms with van der Waals surface area (Å²) in [5.41, 5.74) is 1.71. The van der Waals surface area contributed by atoms with E-state index in [1.807, 2.05) is 13.0 Å². The highest BCUT2D eigenvalue weighted by atomic mass is 32.2. The molecule has 0 fully saturated rings. The molecule has 0 saturated heterocycles. The smallest absolute Gasteiger partial charge is 0.272 e. The van der Waals surface area contributed by atoms with Crippen LogP contribution in [0.4, 0.5) is 0 Å². The SMILES string of the molecule is CC1=CCO[C@H](/C=C/[C@H](O)[C@@H](O)CCS(=O)(=O)c2nnnn2-c2ccccc2)C1. The number of tetrazole rings is 1. The first-order chi connectivity index (χ1) is 13.9. The first-order valence-corrected chi connectivity index (χ1v) is 10.9. The number of ether oxygens (including phenoxy) is 1. The molecule has 1 aliphatic heterocycles. The van der Waals surface area contributed by atoms with E-state index in [1.54, 1.807) is 36.4 Å². The molecule has 2 N–H and O–H groups in total. The van der Waals surface area contributed by atoms with Gasteiger partial charge in [-0.3, -0.25) is 0 Å². The quantitative estimate of drug-likeness (QED) is 0.602. The fourth-order valence-electron chi connectivity index (χ4n) is 2.91. The number of benzene rings is 1. The van der Waals surface area contributed by atoms with Crippen LogP contribution in [-0.2, 0) is 14.6 Å². The van der Waals surface area contributed by atoms with E-state index in [9.17, 15) is 18.6 Å². The largest absolute Gasteiger partial charge is 0.390 e. The fraction of sp³-hybridized carbons (Fsp3) is 0.421. The molecule has 1 aliphatic rings. The maximum absolute atomic E-state index is 12.7. The minimum atomic E-state index is -3.87. The normalized spacial score (nSPS) is 19.8. The number of sulfone groups is 1. The summed E-state index contributed by atoms with van der Waals surface area (Å²) in [6.45, 7) is 2.51. The Balaban J connectivity index is 1.60. The van der Waals surface area contributed by atoms with E-state index in [1.165, 1.54) is 11.6 Å². The van der Waals surface area contributed by atoms with Crippen molar-refractivity contribution in [3.63, 3.8) is 0 Å². The third-order valence-corrected chi connectivity index (χ3v) is 6.17. The maximum Gasteiger partial charge on any atom is 0.272 e. The molecule has 3 atom stereocenters. The molecule has 0 amide bonds. The Hall–Kier alpha value is -2.40. The average molecular weight is 420 g/mol. The highest BCUT2D eigenvalue weighted by Crippen LogP contribution is 2.17. The van der Waals surface area contributed by atoms with Crippen molar-refractivity contribution in [2.45, 2.75) is 43.2 Å². The van der Waals surface area contributed by atoms with Gasteiger partial charge in [0.25, 0.3) is 5.16 Å². The molecule has 0 radical (unpaired) electrons. The van der Waals surface area contributed by atoms with E-state index >= 15 is 0 Å². The van der Waals surface area contributed by atoms with Crippen molar-refractivity contribution in [1.29, 1.82) is 0 Å². The van der Waals surface area contributed by atoms with Gasteiger partial charge < -0.3 is 14.9 Å². The lowest BCUT2D eigenvalue weighted by molar-refractivity contribution is 0.0450. The zero-order valence-corrected chi connectivity index (χ0v) is 16.8. The third-order valence-electron chi connectivity index (χ3n) is 4.58. The molecule has 0 unspecified atom stereocenters. The summed E-state index contributed by atoms with van der Waals surface area (Å²) in [5.74, 6) is -0.409. The monoisotopic (exact) mass is 420 g/mol. The number of nitrogens with zero attached hydrogens (tertiary/aromatic N) is 4. The van der Waals surface area contributed by atoms with Gasteiger partial charge in [-0.15, -0.1) is 0 Å². The highest BCUT2D eigenvalue weighted by molar-refractivity contribution is 7.91. The van der Waals surface area contributed by atoms with Gasteiger partial charge in [-0.2, -0.15) is 4.68 Å². The zero-order valence-electron chi connectivity index (χ0n) is 16.0. The molecule has 1 aromatic heterocycles. The summed E-state index contributed by atoms with van der Waals surface area (Å²) in [7, 11) is -3.87. The van der Waals surface area contributed by atoms with Crippen LogP contribution in [0.25, 0.3) is 5.69 Å². The summed E-state index contributed by atoms with van der Waals surface area (Å²) >= 11 is 0. The maximum atomic E-state index is 12.7. The average Bonchev–Trinajstić information content (AvgIpc) is 3.22. The minimum Gasteiger partial charge on any atom is -0.390 e. The lowest BCUT2D eigenvalue weighted by Crippen LogP contribution is -2.28.